The fourth-order valence-corrected chi connectivity index (χ4v) is 9.42. The predicted octanol–water partition coefficient (Wildman–Crippen LogP) is 5.59. The van der Waals surface area contributed by atoms with E-state index in [-0.39, 0.29) is 16.9 Å². The van der Waals surface area contributed by atoms with Crippen LogP contribution in [-0.2, 0) is 19.5 Å². The van der Waals surface area contributed by atoms with Gasteiger partial charge in [-0.25, -0.2) is 0 Å². The summed E-state index contributed by atoms with van der Waals surface area (Å²) >= 11 is 0. The molecule has 7 rings (SSSR count). The van der Waals surface area contributed by atoms with Gasteiger partial charge in [0, 0.05) is 36.2 Å². The fraction of sp³-hybridized carbons (Fsp3) is 0.500. The molecule has 0 amide bonds. The summed E-state index contributed by atoms with van der Waals surface area (Å²) in [5, 5.41) is 1.28. The Hall–Kier alpha value is -4.34. The fourth-order valence-electron chi connectivity index (χ4n) is 9.42. The topological polar surface area (TPSA) is 99.4 Å². The maximum Gasteiger partial charge on any atom is 0.258 e. The molecule has 1 aliphatic carbocycles. The summed E-state index contributed by atoms with van der Waals surface area (Å²) in [7, 11) is 9.94. The monoisotopic (exact) mass is 630 g/mol. The zero-order valence-corrected chi connectivity index (χ0v) is 28.5. The number of nitrogens with zero attached hydrogens (tertiary/aromatic N) is 2. The Morgan fingerprint density at radius 3 is 1.89 bits per heavy atom. The van der Waals surface area contributed by atoms with Crippen LogP contribution < -0.4 is 39.4 Å². The second-order valence-electron chi connectivity index (χ2n) is 14.2. The molecule has 46 heavy (non-hydrogen) atoms. The molecule has 0 N–H and O–H groups in total. The highest BCUT2D eigenvalue weighted by Crippen LogP contribution is 2.71. The molecule has 2 aromatic heterocycles. The summed E-state index contributed by atoms with van der Waals surface area (Å²) in [6.07, 6.45) is 1.13. The molecule has 2 aromatic carbocycles. The summed E-state index contributed by atoms with van der Waals surface area (Å²) in [5.74, 6) is 2.74. The molecule has 1 saturated carbocycles. The van der Waals surface area contributed by atoms with Crippen LogP contribution in [0.3, 0.4) is 0 Å². The molecule has 10 nitrogen and oxygen atoms in total. The number of ether oxygens (including phenoxy) is 6. The minimum atomic E-state index is -0.823. The maximum atomic E-state index is 14.8. The van der Waals surface area contributed by atoms with Gasteiger partial charge in [0.05, 0.1) is 45.0 Å². The zero-order chi connectivity index (χ0) is 33.3. The lowest BCUT2D eigenvalue weighted by Crippen LogP contribution is -2.71. The van der Waals surface area contributed by atoms with E-state index in [0.29, 0.717) is 75.0 Å². The van der Waals surface area contributed by atoms with E-state index in [2.05, 4.69) is 34.6 Å². The Bertz CT molecular complexity index is 2110. The third-order valence-corrected chi connectivity index (χ3v) is 11.8. The molecule has 0 radical (unpaired) electrons. The van der Waals surface area contributed by atoms with Gasteiger partial charge in [0.25, 0.3) is 5.56 Å². The van der Waals surface area contributed by atoms with Crippen LogP contribution in [0.4, 0.5) is 0 Å². The normalized spacial score (nSPS) is 27.2. The van der Waals surface area contributed by atoms with Gasteiger partial charge in [0.15, 0.2) is 28.4 Å². The van der Waals surface area contributed by atoms with Crippen molar-refractivity contribution in [2.75, 3.05) is 28.4 Å². The molecule has 2 aliphatic heterocycles. The smallest absolute Gasteiger partial charge is 0.258 e. The number of hydrogen-bond acceptors (Lipinski definition) is 8. The number of aromatic nitrogens is 2. The van der Waals surface area contributed by atoms with Crippen molar-refractivity contribution in [2.45, 2.75) is 70.0 Å². The van der Waals surface area contributed by atoms with Crippen molar-refractivity contribution < 1.29 is 28.4 Å². The molecule has 4 heterocycles. The summed E-state index contributed by atoms with van der Waals surface area (Å²) in [6, 6.07) is 7.33. The second kappa shape index (κ2) is 9.36. The number of benzene rings is 2. The maximum absolute atomic E-state index is 14.8. The number of aryl methyl sites for hydroxylation is 2. The lowest BCUT2D eigenvalue weighted by Gasteiger charge is -2.67. The third kappa shape index (κ3) is 3.37. The average Bonchev–Trinajstić information content (AvgIpc) is 3.02. The number of methoxy groups -OCH3 is 4. The average molecular weight is 631 g/mol. The van der Waals surface area contributed by atoms with E-state index in [1.165, 1.54) is 0 Å². The van der Waals surface area contributed by atoms with Crippen LogP contribution in [0, 0.1) is 5.41 Å². The van der Waals surface area contributed by atoms with Gasteiger partial charge >= 0.3 is 0 Å². The first kappa shape index (κ1) is 30.3. The van der Waals surface area contributed by atoms with Crippen LogP contribution in [0.25, 0.3) is 21.8 Å². The molecule has 244 valence electrons. The first-order valence-electron chi connectivity index (χ1n) is 15.6. The van der Waals surface area contributed by atoms with Gasteiger partial charge in [-0.2, -0.15) is 0 Å². The zero-order valence-electron chi connectivity index (χ0n) is 28.5. The van der Waals surface area contributed by atoms with E-state index in [0.717, 1.165) is 5.39 Å². The standard InChI is InChI=1S/C36H42N2O8/c1-33(2)36(5)20-16-34(3,45-28-19-13-15-22(42-9)30(44-11)26(19)37(6)31(40)23(20)28)17-35(36,4)24-27(39)18-12-14-21(41-8)29(43-10)25(18)38(7)32(24)46-33/h12-15,20H,16-17H2,1-11H3/t20-,34-,35-,36-/m0/s1. The minimum Gasteiger partial charge on any atom is -0.493 e. The summed E-state index contributed by atoms with van der Waals surface area (Å²) in [4.78, 5) is 29.3. The van der Waals surface area contributed by atoms with E-state index < -0.39 is 22.0 Å². The van der Waals surface area contributed by atoms with Crippen LogP contribution in [-0.4, -0.2) is 48.8 Å². The largest absolute Gasteiger partial charge is 0.493 e. The van der Waals surface area contributed by atoms with Crippen LogP contribution in [0.2, 0.25) is 0 Å². The minimum absolute atomic E-state index is 0.125. The summed E-state index contributed by atoms with van der Waals surface area (Å²) in [5.41, 5.74) is -0.890. The Morgan fingerprint density at radius 1 is 0.761 bits per heavy atom. The van der Waals surface area contributed by atoms with E-state index in [9.17, 15) is 9.59 Å². The summed E-state index contributed by atoms with van der Waals surface area (Å²) < 4.78 is 40.2. The van der Waals surface area contributed by atoms with Crippen LogP contribution in [0.15, 0.2) is 33.9 Å². The van der Waals surface area contributed by atoms with Gasteiger partial charge in [-0.3, -0.25) is 9.59 Å². The Labute approximate surface area is 267 Å². The highest BCUT2D eigenvalue weighted by Gasteiger charge is 2.71. The van der Waals surface area contributed by atoms with E-state index in [4.69, 9.17) is 28.4 Å². The molecule has 3 aliphatic rings. The van der Waals surface area contributed by atoms with Crippen LogP contribution in [0.5, 0.6) is 34.6 Å². The van der Waals surface area contributed by atoms with Crippen molar-refractivity contribution in [2.24, 2.45) is 19.5 Å². The molecule has 4 aromatic rings. The highest BCUT2D eigenvalue weighted by molar-refractivity contribution is 5.94. The number of rotatable bonds is 4. The van der Waals surface area contributed by atoms with E-state index in [1.54, 1.807) is 52.2 Å². The summed E-state index contributed by atoms with van der Waals surface area (Å²) in [6.45, 7) is 10.6. The Kier molecular flexibility index (Phi) is 6.17. The lowest BCUT2D eigenvalue weighted by molar-refractivity contribution is -0.173. The first-order chi connectivity index (χ1) is 21.6. The van der Waals surface area contributed by atoms with E-state index >= 15 is 0 Å². The highest BCUT2D eigenvalue weighted by atomic mass is 16.5. The van der Waals surface area contributed by atoms with Crippen molar-refractivity contribution >= 4 is 21.8 Å². The van der Waals surface area contributed by atoms with Crippen molar-refractivity contribution in [1.29, 1.82) is 0 Å². The molecule has 10 heteroatoms. The van der Waals surface area contributed by atoms with Crippen molar-refractivity contribution in [3.8, 4) is 34.6 Å². The first-order valence-corrected chi connectivity index (χ1v) is 15.6. The molecule has 0 unspecified atom stereocenters. The van der Waals surface area contributed by atoms with Crippen molar-refractivity contribution in [1.82, 2.24) is 9.13 Å². The van der Waals surface area contributed by atoms with Crippen LogP contribution >= 0.6 is 0 Å². The Balaban J connectivity index is 1.58. The van der Waals surface area contributed by atoms with Gasteiger partial charge < -0.3 is 37.6 Å². The third-order valence-electron chi connectivity index (χ3n) is 11.8. The molecular weight excluding hydrogens is 588 g/mol. The number of hydrogen-bond donors (Lipinski definition) is 0. The quantitative estimate of drug-likeness (QED) is 0.288. The van der Waals surface area contributed by atoms with Gasteiger partial charge in [-0.05, 0) is 57.9 Å². The van der Waals surface area contributed by atoms with Gasteiger partial charge in [-0.15, -0.1) is 0 Å². The van der Waals surface area contributed by atoms with Crippen molar-refractivity contribution in [3.63, 3.8) is 0 Å². The second-order valence-corrected chi connectivity index (χ2v) is 14.2. The molecule has 2 bridgehead atoms. The van der Waals surface area contributed by atoms with Gasteiger partial charge in [-0.1, -0.05) is 13.8 Å². The molecule has 0 saturated heterocycles. The Morgan fingerprint density at radius 2 is 1.33 bits per heavy atom. The molecule has 1 fully saturated rings. The van der Waals surface area contributed by atoms with Crippen LogP contribution in [0.1, 0.15) is 64.5 Å². The number of fused-ring (bicyclic) bond motifs is 11. The lowest BCUT2D eigenvalue weighted by atomic mass is 9.41. The molecular formula is C36H42N2O8. The predicted molar refractivity (Wildman–Crippen MR) is 176 cm³/mol. The number of pyridine rings is 2. The molecule has 4 atom stereocenters. The van der Waals surface area contributed by atoms with Gasteiger partial charge in [0.2, 0.25) is 5.88 Å². The SMILES string of the molecule is COc1ccc2c(=O)c3c(n(C)c2c1OC)OC(C)(C)[C@]1(C)[C@H]2C[C@@](C)(C[C@@]31C)Oc1c2c(=O)n(C)c2c(OC)c(OC)ccc12. The van der Waals surface area contributed by atoms with Gasteiger partial charge in [0.1, 0.15) is 28.0 Å². The van der Waals surface area contributed by atoms with E-state index in [1.807, 2.05) is 23.7 Å². The van der Waals surface area contributed by atoms with Crippen molar-refractivity contribution in [3.05, 3.63) is 56.0 Å². The molecule has 0 spiro atoms.